The van der Waals surface area contributed by atoms with E-state index in [2.05, 4.69) is 38.1 Å². The monoisotopic (exact) mass is 382 g/mol. The fourth-order valence-electron chi connectivity index (χ4n) is 1.93. The Morgan fingerprint density at radius 2 is 1.07 bits per heavy atom. The largest absolute Gasteiger partial charge is 0.478 e. The number of carboxylic acids is 1. The van der Waals surface area contributed by atoms with Gasteiger partial charge in [0.15, 0.2) is 0 Å². The summed E-state index contributed by atoms with van der Waals surface area (Å²) in [6, 6.07) is 0. The SMILES string of the molecule is C=C(CCCCCCCCCCCC)C(=O)O.C=CC(N)=O.C=CC(N)=O. The van der Waals surface area contributed by atoms with Crippen LogP contribution in [0.3, 0.4) is 0 Å². The molecule has 0 saturated carbocycles. The lowest BCUT2D eigenvalue weighted by Gasteiger charge is -2.02. The zero-order valence-electron chi connectivity index (χ0n) is 16.9. The zero-order valence-corrected chi connectivity index (χ0v) is 16.9. The molecule has 6 heteroatoms. The van der Waals surface area contributed by atoms with Gasteiger partial charge in [0, 0.05) is 5.57 Å². The van der Waals surface area contributed by atoms with Crippen molar-refractivity contribution in [2.45, 2.75) is 77.6 Å². The number of amides is 2. The number of hydrogen-bond acceptors (Lipinski definition) is 3. The van der Waals surface area contributed by atoms with E-state index >= 15 is 0 Å². The van der Waals surface area contributed by atoms with E-state index in [0.29, 0.717) is 12.0 Å². The van der Waals surface area contributed by atoms with E-state index in [1.165, 1.54) is 51.4 Å². The quantitative estimate of drug-likeness (QED) is 0.307. The van der Waals surface area contributed by atoms with Crippen LogP contribution in [0.15, 0.2) is 37.5 Å². The maximum absolute atomic E-state index is 10.5. The topological polar surface area (TPSA) is 123 Å². The lowest BCUT2D eigenvalue weighted by atomic mass is 10.0. The Morgan fingerprint density at radius 1 is 0.778 bits per heavy atom. The van der Waals surface area contributed by atoms with Gasteiger partial charge in [-0.25, -0.2) is 4.79 Å². The van der Waals surface area contributed by atoms with Crippen molar-refractivity contribution >= 4 is 17.8 Å². The molecule has 0 atom stereocenters. The summed E-state index contributed by atoms with van der Waals surface area (Å²) < 4.78 is 0. The summed E-state index contributed by atoms with van der Waals surface area (Å²) in [5.74, 6) is -1.81. The number of aliphatic carboxylic acids is 1. The van der Waals surface area contributed by atoms with Crippen molar-refractivity contribution in [3.05, 3.63) is 37.5 Å². The molecule has 0 aromatic carbocycles. The molecule has 0 heterocycles. The number of carbonyl (C=O) groups is 3. The molecule has 0 aromatic rings. The van der Waals surface area contributed by atoms with Crippen LogP contribution in [-0.2, 0) is 14.4 Å². The van der Waals surface area contributed by atoms with Crippen molar-refractivity contribution in [2.75, 3.05) is 0 Å². The smallest absolute Gasteiger partial charge is 0.330 e. The van der Waals surface area contributed by atoms with Gasteiger partial charge >= 0.3 is 5.97 Å². The van der Waals surface area contributed by atoms with Gasteiger partial charge in [-0.05, 0) is 25.0 Å². The summed E-state index contributed by atoms with van der Waals surface area (Å²) in [6.45, 7) is 11.9. The third-order valence-corrected chi connectivity index (χ3v) is 3.54. The van der Waals surface area contributed by atoms with Crippen LogP contribution in [0.2, 0.25) is 0 Å². The van der Waals surface area contributed by atoms with Gasteiger partial charge in [-0.1, -0.05) is 84.4 Å². The van der Waals surface area contributed by atoms with E-state index in [4.69, 9.17) is 5.11 Å². The molecule has 0 aliphatic heterocycles. The van der Waals surface area contributed by atoms with Gasteiger partial charge in [0.05, 0.1) is 0 Å². The molecule has 2 amide bonds. The van der Waals surface area contributed by atoms with Gasteiger partial charge in [-0.15, -0.1) is 0 Å². The van der Waals surface area contributed by atoms with E-state index in [1.54, 1.807) is 0 Å². The van der Waals surface area contributed by atoms with Crippen molar-refractivity contribution in [3.8, 4) is 0 Å². The summed E-state index contributed by atoms with van der Waals surface area (Å²) in [7, 11) is 0. The summed E-state index contributed by atoms with van der Waals surface area (Å²) in [5, 5.41) is 8.63. The van der Waals surface area contributed by atoms with Crippen LogP contribution in [0, 0.1) is 0 Å². The molecule has 156 valence electrons. The molecule has 0 unspecified atom stereocenters. The van der Waals surface area contributed by atoms with Crippen molar-refractivity contribution in [3.63, 3.8) is 0 Å². The number of rotatable bonds is 14. The lowest BCUT2D eigenvalue weighted by molar-refractivity contribution is -0.132. The van der Waals surface area contributed by atoms with Crippen molar-refractivity contribution < 1.29 is 19.5 Å². The highest BCUT2D eigenvalue weighted by Crippen LogP contribution is 2.12. The van der Waals surface area contributed by atoms with Crippen molar-refractivity contribution in [1.29, 1.82) is 0 Å². The molecule has 0 saturated heterocycles. The highest BCUT2D eigenvalue weighted by molar-refractivity contribution is 5.85. The van der Waals surface area contributed by atoms with Gasteiger partial charge in [0.25, 0.3) is 0 Å². The highest BCUT2D eigenvalue weighted by Gasteiger charge is 2.02. The molecule has 0 radical (unpaired) electrons. The van der Waals surface area contributed by atoms with Crippen LogP contribution in [-0.4, -0.2) is 22.9 Å². The molecule has 0 spiro atoms. The van der Waals surface area contributed by atoms with Gasteiger partial charge < -0.3 is 16.6 Å². The Bertz CT molecular complexity index is 427. The first kappa shape index (κ1) is 29.4. The summed E-state index contributed by atoms with van der Waals surface area (Å²) in [5.41, 5.74) is 9.42. The van der Waals surface area contributed by atoms with Gasteiger partial charge in [0.2, 0.25) is 11.8 Å². The molecule has 6 nitrogen and oxygen atoms in total. The zero-order chi connectivity index (χ0) is 21.5. The third kappa shape index (κ3) is 35.6. The molecule has 0 aliphatic rings. The van der Waals surface area contributed by atoms with Crippen molar-refractivity contribution in [2.24, 2.45) is 11.5 Å². The fraction of sp³-hybridized carbons (Fsp3) is 0.571. The van der Waals surface area contributed by atoms with Crippen LogP contribution in [0.25, 0.3) is 0 Å². The Kier molecular flexibility index (Phi) is 25.7. The number of carbonyl (C=O) groups excluding carboxylic acids is 2. The van der Waals surface area contributed by atoms with E-state index < -0.39 is 17.8 Å². The minimum Gasteiger partial charge on any atom is -0.478 e. The second-order valence-corrected chi connectivity index (χ2v) is 6.05. The first-order valence-corrected chi connectivity index (χ1v) is 9.47. The standard InChI is InChI=1S/C15H28O2.2C3H5NO/c1-3-4-5-6-7-8-9-10-11-12-13-14(2)15(16)17;2*1-2-3(4)5/h2-13H2,1H3,(H,16,17);2*2H,1H2,(H2,4,5). The Morgan fingerprint density at radius 3 is 1.33 bits per heavy atom. The van der Waals surface area contributed by atoms with Crippen LogP contribution < -0.4 is 11.5 Å². The van der Waals surface area contributed by atoms with E-state index in [9.17, 15) is 14.4 Å². The minimum absolute atomic E-state index is 0.351. The second-order valence-electron chi connectivity index (χ2n) is 6.05. The number of carboxylic acid groups (broad SMARTS) is 1. The summed E-state index contributed by atoms with van der Waals surface area (Å²) in [4.78, 5) is 29.4. The maximum atomic E-state index is 10.5. The maximum Gasteiger partial charge on any atom is 0.330 e. The predicted molar refractivity (Wildman–Crippen MR) is 112 cm³/mol. The molecule has 0 fully saturated rings. The fourth-order valence-corrected chi connectivity index (χ4v) is 1.93. The molecular weight excluding hydrogens is 344 g/mol. The predicted octanol–water partition coefficient (Wildman–Crippen LogP) is 4.25. The van der Waals surface area contributed by atoms with Crippen LogP contribution >= 0.6 is 0 Å². The summed E-state index contributed by atoms with van der Waals surface area (Å²) in [6.07, 6.45) is 15.6. The van der Waals surface area contributed by atoms with E-state index in [-0.39, 0.29) is 0 Å². The van der Waals surface area contributed by atoms with Crippen LogP contribution in [0.4, 0.5) is 0 Å². The molecular formula is C21H38N2O4. The third-order valence-electron chi connectivity index (χ3n) is 3.54. The number of unbranched alkanes of at least 4 members (excludes halogenated alkanes) is 9. The van der Waals surface area contributed by atoms with E-state index in [0.717, 1.165) is 25.0 Å². The number of primary amides is 2. The molecule has 0 aliphatic carbocycles. The van der Waals surface area contributed by atoms with Gasteiger partial charge in [-0.2, -0.15) is 0 Å². The minimum atomic E-state index is -0.846. The Balaban J connectivity index is -0.000000471. The Hall–Kier alpha value is -2.37. The summed E-state index contributed by atoms with van der Waals surface area (Å²) >= 11 is 0. The molecule has 5 N–H and O–H groups in total. The molecule has 27 heavy (non-hydrogen) atoms. The van der Waals surface area contributed by atoms with Crippen LogP contribution in [0.1, 0.15) is 77.6 Å². The average Bonchev–Trinajstić information content (AvgIpc) is 2.63. The van der Waals surface area contributed by atoms with Crippen molar-refractivity contribution in [1.82, 2.24) is 0 Å². The first-order chi connectivity index (χ1) is 12.7. The first-order valence-electron chi connectivity index (χ1n) is 9.47. The van der Waals surface area contributed by atoms with Gasteiger partial charge in [0.1, 0.15) is 0 Å². The average molecular weight is 383 g/mol. The molecule has 0 rings (SSSR count). The molecule has 0 aromatic heterocycles. The lowest BCUT2D eigenvalue weighted by Crippen LogP contribution is -2.04. The molecule has 0 bridgehead atoms. The normalized spacial score (nSPS) is 8.93. The van der Waals surface area contributed by atoms with E-state index in [1.807, 2.05) is 0 Å². The number of nitrogens with two attached hydrogens (primary N) is 2. The second kappa shape index (κ2) is 23.6. The Labute approximate surface area is 164 Å². The van der Waals surface area contributed by atoms with Crippen LogP contribution in [0.5, 0.6) is 0 Å². The number of hydrogen-bond donors (Lipinski definition) is 3. The van der Waals surface area contributed by atoms with Gasteiger partial charge in [-0.3, -0.25) is 9.59 Å². The highest BCUT2D eigenvalue weighted by atomic mass is 16.4.